The highest BCUT2D eigenvalue weighted by Crippen LogP contribution is 2.09. The SMILES string of the molecule is NC1CC/C=C/CC/C=C/CC[C@H]1O. The molecule has 3 N–H and O–H groups in total. The third-order valence-electron chi connectivity index (χ3n) is 2.62. The van der Waals surface area contributed by atoms with Gasteiger partial charge in [0, 0.05) is 6.04 Å². The van der Waals surface area contributed by atoms with Crippen LogP contribution >= 0.6 is 0 Å². The molecule has 0 aromatic heterocycles. The van der Waals surface area contributed by atoms with Crippen LogP contribution in [0.25, 0.3) is 0 Å². The first-order chi connectivity index (χ1) is 6.80. The summed E-state index contributed by atoms with van der Waals surface area (Å²) in [5.74, 6) is 0. The standard InChI is InChI=1S/C12H21NO/c13-11-9-7-5-3-1-2-4-6-8-10-12(11)14/h3-6,11-12,14H,1-2,7-10,13H2/b5-3+,6-4+/t11?,12-/m1/s1. The van der Waals surface area contributed by atoms with Gasteiger partial charge in [0.1, 0.15) is 0 Å². The molecule has 14 heavy (non-hydrogen) atoms. The Kier molecular flexibility index (Phi) is 5.57. The minimum atomic E-state index is -0.340. The van der Waals surface area contributed by atoms with Gasteiger partial charge in [-0.25, -0.2) is 0 Å². The summed E-state index contributed by atoms with van der Waals surface area (Å²) in [5, 5.41) is 9.68. The predicted octanol–water partition coefficient (Wildman–Crippen LogP) is 2.14. The van der Waals surface area contributed by atoms with Crippen LogP contribution < -0.4 is 5.73 Å². The highest BCUT2D eigenvalue weighted by molar-refractivity contribution is 4.91. The first kappa shape index (κ1) is 11.5. The summed E-state index contributed by atoms with van der Waals surface area (Å²) in [4.78, 5) is 0. The van der Waals surface area contributed by atoms with Crippen molar-refractivity contribution in [3.63, 3.8) is 0 Å². The van der Waals surface area contributed by atoms with Gasteiger partial charge < -0.3 is 10.8 Å². The predicted molar refractivity (Wildman–Crippen MR) is 60.0 cm³/mol. The Morgan fingerprint density at radius 3 is 2.00 bits per heavy atom. The average Bonchev–Trinajstić information content (AvgIpc) is 2.18. The smallest absolute Gasteiger partial charge is 0.0694 e. The Morgan fingerprint density at radius 2 is 1.36 bits per heavy atom. The van der Waals surface area contributed by atoms with Gasteiger partial charge in [-0.2, -0.15) is 0 Å². The molecule has 2 nitrogen and oxygen atoms in total. The maximum Gasteiger partial charge on any atom is 0.0694 e. The van der Waals surface area contributed by atoms with Gasteiger partial charge in [0.15, 0.2) is 0 Å². The lowest BCUT2D eigenvalue weighted by atomic mass is 10.0. The lowest BCUT2D eigenvalue weighted by Gasteiger charge is -2.17. The second-order valence-corrected chi connectivity index (χ2v) is 3.91. The van der Waals surface area contributed by atoms with Gasteiger partial charge in [0.25, 0.3) is 0 Å². The Balaban J connectivity index is 2.41. The fraction of sp³-hybridized carbons (Fsp3) is 0.667. The molecule has 80 valence electrons. The van der Waals surface area contributed by atoms with E-state index in [1.54, 1.807) is 0 Å². The van der Waals surface area contributed by atoms with Crippen molar-refractivity contribution in [3.8, 4) is 0 Å². The van der Waals surface area contributed by atoms with Crippen molar-refractivity contribution in [2.24, 2.45) is 5.73 Å². The lowest BCUT2D eigenvalue weighted by Crippen LogP contribution is -2.34. The van der Waals surface area contributed by atoms with E-state index >= 15 is 0 Å². The second-order valence-electron chi connectivity index (χ2n) is 3.91. The van der Waals surface area contributed by atoms with E-state index < -0.39 is 0 Å². The van der Waals surface area contributed by atoms with Gasteiger partial charge in [0.2, 0.25) is 0 Å². The molecule has 0 radical (unpaired) electrons. The zero-order valence-corrected chi connectivity index (χ0v) is 8.73. The molecule has 1 aliphatic carbocycles. The number of rotatable bonds is 0. The topological polar surface area (TPSA) is 46.2 Å². The van der Waals surface area contributed by atoms with Gasteiger partial charge in [-0.05, 0) is 38.5 Å². The molecule has 0 aromatic rings. The van der Waals surface area contributed by atoms with Crippen LogP contribution in [0.15, 0.2) is 24.3 Å². The summed E-state index contributed by atoms with van der Waals surface area (Å²) >= 11 is 0. The van der Waals surface area contributed by atoms with Crippen LogP contribution in [-0.4, -0.2) is 17.3 Å². The van der Waals surface area contributed by atoms with E-state index in [4.69, 9.17) is 5.73 Å². The zero-order valence-electron chi connectivity index (χ0n) is 8.73. The molecule has 1 aliphatic rings. The van der Waals surface area contributed by atoms with Crippen molar-refractivity contribution < 1.29 is 5.11 Å². The van der Waals surface area contributed by atoms with Crippen LogP contribution in [0.3, 0.4) is 0 Å². The lowest BCUT2D eigenvalue weighted by molar-refractivity contribution is 0.132. The second kappa shape index (κ2) is 6.80. The quantitative estimate of drug-likeness (QED) is 0.582. The van der Waals surface area contributed by atoms with Crippen molar-refractivity contribution >= 4 is 0 Å². The summed E-state index contributed by atoms with van der Waals surface area (Å²) in [7, 11) is 0. The van der Waals surface area contributed by atoms with Crippen LogP contribution in [0.1, 0.15) is 38.5 Å². The molecule has 2 heteroatoms. The van der Waals surface area contributed by atoms with Crippen LogP contribution in [0.4, 0.5) is 0 Å². The molecule has 0 aliphatic heterocycles. The summed E-state index contributed by atoms with van der Waals surface area (Å²) in [5.41, 5.74) is 5.85. The number of allylic oxidation sites excluding steroid dienone is 4. The van der Waals surface area contributed by atoms with Crippen molar-refractivity contribution in [1.29, 1.82) is 0 Å². The molecule has 1 unspecified atom stereocenters. The molecule has 0 saturated carbocycles. The van der Waals surface area contributed by atoms with E-state index in [-0.39, 0.29) is 12.1 Å². The summed E-state index contributed by atoms with van der Waals surface area (Å²) in [6, 6.07) is -0.0625. The maximum absolute atomic E-state index is 9.68. The average molecular weight is 195 g/mol. The van der Waals surface area contributed by atoms with Crippen LogP contribution in [-0.2, 0) is 0 Å². The van der Waals surface area contributed by atoms with E-state index in [0.717, 1.165) is 38.5 Å². The fourth-order valence-electron chi connectivity index (χ4n) is 1.63. The molecule has 1 rings (SSSR count). The largest absolute Gasteiger partial charge is 0.392 e. The molecule has 0 aromatic carbocycles. The van der Waals surface area contributed by atoms with E-state index in [9.17, 15) is 5.11 Å². The molecule has 0 amide bonds. The normalized spacial score (nSPS) is 35.3. The first-order valence-corrected chi connectivity index (χ1v) is 5.54. The van der Waals surface area contributed by atoms with Crippen LogP contribution in [0.2, 0.25) is 0 Å². The minimum Gasteiger partial charge on any atom is -0.392 e. The summed E-state index contributed by atoms with van der Waals surface area (Å²) in [6.07, 6.45) is 14.2. The highest BCUT2D eigenvalue weighted by Gasteiger charge is 2.12. The van der Waals surface area contributed by atoms with Crippen molar-refractivity contribution in [3.05, 3.63) is 24.3 Å². The van der Waals surface area contributed by atoms with Crippen LogP contribution in [0, 0.1) is 0 Å². The molecular formula is C12H21NO. The number of aliphatic hydroxyl groups is 1. The minimum absolute atomic E-state index is 0.0625. The van der Waals surface area contributed by atoms with Crippen molar-refractivity contribution in [2.75, 3.05) is 0 Å². The third kappa shape index (κ3) is 4.58. The molecule has 0 heterocycles. The molecule has 2 atom stereocenters. The van der Waals surface area contributed by atoms with Gasteiger partial charge in [-0.1, -0.05) is 24.3 Å². The Morgan fingerprint density at radius 1 is 0.857 bits per heavy atom. The van der Waals surface area contributed by atoms with E-state index in [2.05, 4.69) is 24.3 Å². The molecule has 0 bridgehead atoms. The Labute approximate surface area is 86.5 Å². The maximum atomic E-state index is 9.68. The molecular weight excluding hydrogens is 174 g/mol. The van der Waals surface area contributed by atoms with Gasteiger partial charge in [-0.3, -0.25) is 0 Å². The van der Waals surface area contributed by atoms with Gasteiger partial charge >= 0.3 is 0 Å². The first-order valence-electron chi connectivity index (χ1n) is 5.54. The van der Waals surface area contributed by atoms with Crippen molar-refractivity contribution in [1.82, 2.24) is 0 Å². The fourth-order valence-corrected chi connectivity index (χ4v) is 1.63. The number of hydrogen-bond donors (Lipinski definition) is 2. The third-order valence-corrected chi connectivity index (χ3v) is 2.62. The Bertz CT molecular complexity index is 176. The van der Waals surface area contributed by atoms with Crippen molar-refractivity contribution in [2.45, 2.75) is 50.7 Å². The van der Waals surface area contributed by atoms with Gasteiger partial charge in [-0.15, -0.1) is 0 Å². The summed E-state index contributed by atoms with van der Waals surface area (Å²) in [6.45, 7) is 0. The van der Waals surface area contributed by atoms with E-state index in [1.165, 1.54) is 0 Å². The Hall–Kier alpha value is -0.600. The number of nitrogens with two attached hydrogens (primary N) is 1. The molecule has 0 saturated heterocycles. The summed E-state index contributed by atoms with van der Waals surface area (Å²) < 4.78 is 0. The van der Waals surface area contributed by atoms with Crippen LogP contribution in [0.5, 0.6) is 0 Å². The van der Waals surface area contributed by atoms with E-state index in [0.29, 0.717) is 0 Å². The zero-order chi connectivity index (χ0) is 10.2. The highest BCUT2D eigenvalue weighted by atomic mass is 16.3. The monoisotopic (exact) mass is 195 g/mol. The number of aliphatic hydroxyl groups excluding tert-OH is 1. The molecule has 0 fully saturated rings. The van der Waals surface area contributed by atoms with E-state index in [1.807, 2.05) is 0 Å². The van der Waals surface area contributed by atoms with Gasteiger partial charge in [0.05, 0.1) is 6.10 Å². The number of hydrogen-bond acceptors (Lipinski definition) is 2. The molecule has 0 spiro atoms.